The van der Waals surface area contributed by atoms with Gasteiger partial charge in [-0.3, -0.25) is 0 Å². The summed E-state index contributed by atoms with van der Waals surface area (Å²) in [5.74, 6) is 0.965. The molecule has 0 unspecified atom stereocenters. The van der Waals surface area contributed by atoms with Gasteiger partial charge in [0, 0.05) is 23.2 Å². The fraction of sp³-hybridized carbons (Fsp3) is 0.400. The Morgan fingerprint density at radius 1 is 1.08 bits per heavy atom. The van der Waals surface area contributed by atoms with Gasteiger partial charge < -0.3 is 16.8 Å². The van der Waals surface area contributed by atoms with E-state index in [2.05, 4.69) is 41.6 Å². The summed E-state index contributed by atoms with van der Waals surface area (Å²) < 4.78 is 1.81. The Hall–Kier alpha value is -2.60. The number of fused-ring (bicyclic) bond motifs is 1. The van der Waals surface area contributed by atoms with Gasteiger partial charge in [-0.2, -0.15) is 0 Å². The predicted molar refractivity (Wildman–Crippen MR) is 106 cm³/mol. The zero-order valence-corrected chi connectivity index (χ0v) is 15.4. The second-order valence-electron chi connectivity index (χ2n) is 7.42. The Morgan fingerprint density at radius 3 is 2.46 bits per heavy atom. The summed E-state index contributed by atoms with van der Waals surface area (Å²) in [5.41, 5.74) is 18.2. The Labute approximate surface area is 153 Å². The number of hydrogen-bond acceptors (Lipinski definition) is 5. The summed E-state index contributed by atoms with van der Waals surface area (Å²) in [7, 11) is 0. The second kappa shape index (κ2) is 6.61. The van der Waals surface area contributed by atoms with Crippen molar-refractivity contribution in [3.05, 3.63) is 47.3 Å². The summed E-state index contributed by atoms with van der Waals surface area (Å²) in [6, 6.07) is 8.63. The lowest BCUT2D eigenvalue weighted by molar-refractivity contribution is 0.391. The number of aromatic nitrogens is 3. The molecule has 26 heavy (non-hydrogen) atoms. The van der Waals surface area contributed by atoms with E-state index in [1.165, 1.54) is 5.56 Å². The molecule has 5 N–H and O–H groups in total. The van der Waals surface area contributed by atoms with Crippen LogP contribution < -0.4 is 16.8 Å². The lowest BCUT2D eigenvalue weighted by atomic mass is 9.85. The van der Waals surface area contributed by atoms with Gasteiger partial charge in [-0.1, -0.05) is 17.7 Å². The normalized spacial score (nSPS) is 20.4. The number of nitrogens with one attached hydrogen (secondary N) is 1. The van der Waals surface area contributed by atoms with Crippen LogP contribution in [-0.4, -0.2) is 20.6 Å². The minimum atomic E-state index is 0.332. The zero-order valence-electron chi connectivity index (χ0n) is 15.4. The third-order valence-electron chi connectivity index (χ3n) is 5.42. The van der Waals surface area contributed by atoms with Crippen LogP contribution in [-0.2, 0) is 0 Å². The molecule has 2 heterocycles. The maximum atomic E-state index is 6.15. The molecule has 0 radical (unpaired) electrons. The van der Waals surface area contributed by atoms with Crippen molar-refractivity contribution in [1.29, 1.82) is 0 Å². The lowest BCUT2D eigenvalue weighted by Gasteiger charge is -2.24. The highest BCUT2D eigenvalue weighted by molar-refractivity contribution is 5.79. The minimum Gasteiger partial charge on any atom is -0.382 e. The van der Waals surface area contributed by atoms with E-state index in [1.54, 1.807) is 0 Å². The highest BCUT2D eigenvalue weighted by Gasteiger charge is 2.23. The largest absolute Gasteiger partial charge is 0.382 e. The highest BCUT2D eigenvalue weighted by atomic mass is 15.3. The van der Waals surface area contributed by atoms with Crippen LogP contribution >= 0.6 is 0 Å². The standard InChI is InChI=1S/C20H26N6/c1-12-3-9-16(10-4-12)23-18-13(2)19(22)25-26-11-17(24-20(18)26)14-5-7-15(21)8-6-14/h3-4,9-11,14-15,23H,5-8,21H2,1-2H3,(H2,22,25). The van der Waals surface area contributed by atoms with Crippen LogP contribution in [0.1, 0.15) is 48.4 Å². The van der Waals surface area contributed by atoms with E-state index in [1.807, 2.05) is 17.6 Å². The van der Waals surface area contributed by atoms with Gasteiger partial charge >= 0.3 is 0 Å². The number of anilines is 3. The van der Waals surface area contributed by atoms with Crippen molar-refractivity contribution in [3.8, 4) is 0 Å². The highest BCUT2D eigenvalue weighted by Crippen LogP contribution is 2.34. The van der Waals surface area contributed by atoms with Gasteiger partial charge in [0.05, 0.1) is 17.6 Å². The maximum absolute atomic E-state index is 6.15. The van der Waals surface area contributed by atoms with Gasteiger partial charge in [-0.25, -0.2) is 9.50 Å². The van der Waals surface area contributed by atoms with Crippen LogP contribution in [0.25, 0.3) is 5.65 Å². The summed E-state index contributed by atoms with van der Waals surface area (Å²) in [6.45, 7) is 4.06. The first-order valence-corrected chi connectivity index (χ1v) is 9.26. The fourth-order valence-electron chi connectivity index (χ4n) is 3.66. The van der Waals surface area contributed by atoms with Crippen molar-refractivity contribution in [1.82, 2.24) is 14.6 Å². The number of nitrogens with two attached hydrogens (primary N) is 2. The molecule has 0 aliphatic heterocycles. The molecule has 0 bridgehead atoms. The molecule has 0 spiro atoms. The molecule has 1 aliphatic carbocycles. The van der Waals surface area contributed by atoms with Crippen molar-refractivity contribution in [2.24, 2.45) is 5.73 Å². The second-order valence-corrected chi connectivity index (χ2v) is 7.42. The number of imidazole rings is 1. The average Bonchev–Trinajstić information content (AvgIpc) is 3.05. The number of nitrogens with zero attached hydrogens (tertiary/aromatic N) is 3. The van der Waals surface area contributed by atoms with Crippen LogP contribution in [0.5, 0.6) is 0 Å². The van der Waals surface area contributed by atoms with E-state index in [-0.39, 0.29) is 0 Å². The molecule has 1 aromatic carbocycles. The number of nitrogen functional groups attached to an aromatic ring is 1. The van der Waals surface area contributed by atoms with Gasteiger partial charge in [-0.15, -0.1) is 5.10 Å². The summed E-state index contributed by atoms with van der Waals surface area (Å²) in [5, 5.41) is 7.97. The molecule has 2 aromatic heterocycles. The van der Waals surface area contributed by atoms with E-state index in [0.717, 1.165) is 54.0 Å². The summed E-state index contributed by atoms with van der Waals surface area (Å²) in [6.07, 6.45) is 6.30. The average molecular weight is 350 g/mol. The third-order valence-corrected chi connectivity index (χ3v) is 5.42. The van der Waals surface area contributed by atoms with Gasteiger partial charge in [-0.05, 0) is 51.7 Å². The van der Waals surface area contributed by atoms with Crippen LogP contribution in [0.2, 0.25) is 0 Å². The van der Waals surface area contributed by atoms with E-state index < -0.39 is 0 Å². The first-order chi connectivity index (χ1) is 12.5. The van der Waals surface area contributed by atoms with Crippen molar-refractivity contribution < 1.29 is 0 Å². The molecule has 0 saturated heterocycles. The van der Waals surface area contributed by atoms with E-state index in [9.17, 15) is 0 Å². The summed E-state index contributed by atoms with van der Waals surface area (Å²) in [4.78, 5) is 4.92. The fourth-order valence-corrected chi connectivity index (χ4v) is 3.66. The number of rotatable bonds is 3. The van der Waals surface area contributed by atoms with Gasteiger partial charge in [0.25, 0.3) is 0 Å². The topological polar surface area (TPSA) is 94.3 Å². The van der Waals surface area contributed by atoms with Gasteiger partial charge in [0.1, 0.15) is 5.82 Å². The molecule has 6 heteroatoms. The SMILES string of the molecule is Cc1ccc(Nc2c(C)c(N)nn3cc(C4CCC(N)CC4)nc23)cc1. The molecule has 0 atom stereocenters. The molecule has 3 aromatic rings. The molecule has 136 valence electrons. The number of benzene rings is 1. The molecular weight excluding hydrogens is 324 g/mol. The summed E-state index contributed by atoms with van der Waals surface area (Å²) >= 11 is 0. The third kappa shape index (κ3) is 3.12. The van der Waals surface area contributed by atoms with E-state index >= 15 is 0 Å². The van der Waals surface area contributed by atoms with Crippen molar-refractivity contribution in [3.63, 3.8) is 0 Å². The van der Waals surface area contributed by atoms with Gasteiger partial charge in [0.2, 0.25) is 0 Å². The van der Waals surface area contributed by atoms with Crippen molar-refractivity contribution in [2.75, 3.05) is 11.1 Å². The number of hydrogen-bond donors (Lipinski definition) is 3. The van der Waals surface area contributed by atoms with E-state index in [4.69, 9.17) is 16.5 Å². The Balaban J connectivity index is 1.73. The van der Waals surface area contributed by atoms with Crippen molar-refractivity contribution in [2.45, 2.75) is 51.5 Å². The Morgan fingerprint density at radius 2 is 1.77 bits per heavy atom. The molecule has 0 amide bonds. The predicted octanol–water partition coefficient (Wildman–Crippen LogP) is 3.66. The molecule has 1 fully saturated rings. The smallest absolute Gasteiger partial charge is 0.177 e. The molecule has 1 saturated carbocycles. The monoisotopic (exact) mass is 350 g/mol. The molecule has 4 rings (SSSR count). The minimum absolute atomic E-state index is 0.332. The Kier molecular flexibility index (Phi) is 4.28. The van der Waals surface area contributed by atoms with Crippen molar-refractivity contribution >= 4 is 22.8 Å². The Bertz CT molecular complexity index is 920. The quantitative estimate of drug-likeness (QED) is 0.670. The molecule has 6 nitrogen and oxygen atoms in total. The van der Waals surface area contributed by atoms with E-state index in [0.29, 0.717) is 17.8 Å². The lowest BCUT2D eigenvalue weighted by Crippen LogP contribution is -2.25. The van der Waals surface area contributed by atoms with Crippen LogP contribution in [0.3, 0.4) is 0 Å². The van der Waals surface area contributed by atoms with Crippen LogP contribution in [0.4, 0.5) is 17.2 Å². The maximum Gasteiger partial charge on any atom is 0.177 e. The molecule has 1 aliphatic rings. The first-order valence-electron chi connectivity index (χ1n) is 9.26. The first kappa shape index (κ1) is 16.8. The van der Waals surface area contributed by atoms with Gasteiger partial charge in [0.15, 0.2) is 5.65 Å². The van der Waals surface area contributed by atoms with Crippen LogP contribution in [0.15, 0.2) is 30.5 Å². The number of aryl methyl sites for hydroxylation is 1. The molecular formula is C20H26N6. The zero-order chi connectivity index (χ0) is 18.3. The van der Waals surface area contributed by atoms with Crippen LogP contribution in [0, 0.1) is 13.8 Å².